The minimum absolute atomic E-state index is 0.0390. The molecule has 1 heterocycles. The third-order valence-electron chi connectivity index (χ3n) is 3.03. The molecule has 0 spiro atoms. The summed E-state index contributed by atoms with van der Waals surface area (Å²) in [7, 11) is 0. The molecule has 1 aromatic rings. The smallest absolute Gasteiger partial charge is 0.407 e. The van der Waals surface area contributed by atoms with E-state index in [1.807, 2.05) is 13.8 Å². The summed E-state index contributed by atoms with van der Waals surface area (Å²) in [5, 5.41) is 19.4. The predicted molar refractivity (Wildman–Crippen MR) is 79.9 cm³/mol. The molecule has 1 aromatic heterocycles. The van der Waals surface area contributed by atoms with Crippen LogP contribution in [0.2, 0.25) is 0 Å². The standard InChI is InChI=1S/C14H24N4O4/c1-6-9(2)18-10(11(12(19)20)16-17-18)7-8-15-13(21)22-14(3,4)5/h9H,6-8H2,1-5H3,(H,15,21)(H,19,20). The topological polar surface area (TPSA) is 106 Å². The Labute approximate surface area is 129 Å². The number of aromatic nitrogens is 3. The van der Waals surface area contributed by atoms with E-state index in [1.165, 1.54) is 0 Å². The number of hydrogen-bond donors (Lipinski definition) is 2. The van der Waals surface area contributed by atoms with Crippen LogP contribution in [-0.2, 0) is 11.2 Å². The molecular formula is C14H24N4O4. The summed E-state index contributed by atoms with van der Waals surface area (Å²) >= 11 is 0. The number of aromatic carboxylic acids is 1. The highest BCUT2D eigenvalue weighted by atomic mass is 16.6. The van der Waals surface area contributed by atoms with Crippen molar-refractivity contribution in [2.45, 2.75) is 59.1 Å². The number of alkyl carbamates (subject to hydrolysis) is 1. The molecule has 8 nitrogen and oxygen atoms in total. The van der Waals surface area contributed by atoms with Crippen LogP contribution in [-0.4, -0.2) is 44.3 Å². The molecule has 8 heteroatoms. The summed E-state index contributed by atoms with van der Waals surface area (Å²) in [5.74, 6) is -1.12. The van der Waals surface area contributed by atoms with Gasteiger partial charge in [0, 0.05) is 13.0 Å². The van der Waals surface area contributed by atoms with Crippen LogP contribution in [0.1, 0.15) is 63.3 Å². The maximum Gasteiger partial charge on any atom is 0.407 e. The van der Waals surface area contributed by atoms with E-state index in [-0.39, 0.29) is 18.3 Å². The Balaban J connectivity index is 2.74. The molecule has 2 N–H and O–H groups in total. The Morgan fingerprint density at radius 2 is 2.05 bits per heavy atom. The van der Waals surface area contributed by atoms with Crippen molar-refractivity contribution in [2.75, 3.05) is 6.54 Å². The van der Waals surface area contributed by atoms with Gasteiger partial charge in [0.1, 0.15) is 5.60 Å². The second kappa shape index (κ2) is 7.24. The number of ether oxygens (including phenoxy) is 1. The second-order valence-corrected chi connectivity index (χ2v) is 6.07. The summed E-state index contributed by atoms with van der Waals surface area (Å²) in [5.41, 5.74) is -0.153. The van der Waals surface area contributed by atoms with Crippen LogP contribution in [0.5, 0.6) is 0 Å². The molecule has 124 valence electrons. The van der Waals surface area contributed by atoms with E-state index in [0.717, 1.165) is 6.42 Å². The van der Waals surface area contributed by atoms with E-state index in [2.05, 4.69) is 15.6 Å². The Kier molecular flexibility index (Phi) is 5.90. The first-order valence-corrected chi connectivity index (χ1v) is 7.30. The number of carbonyl (C=O) groups excluding carboxylic acids is 1. The summed E-state index contributed by atoms with van der Waals surface area (Å²) in [6.07, 6.45) is 0.583. The lowest BCUT2D eigenvalue weighted by molar-refractivity contribution is 0.0528. The number of nitrogens with one attached hydrogen (secondary N) is 1. The fourth-order valence-electron chi connectivity index (χ4n) is 1.84. The first-order chi connectivity index (χ1) is 10.2. The molecule has 1 unspecified atom stereocenters. The van der Waals surface area contributed by atoms with Crippen LogP contribution in [0.15, 0.2) is 0 Å². The fraction of sp³-hybridized carbons (Fsp3) is 0.714. The molecule has 0 aliphatic heterocycles. The van der Waals surface area contributed by atoms with Gasteiger partial charge in [-0.3, -0.25) is 0 Å². The Morgan fingerprint density at radius 1 is 1.41 bits per heavy atom. The number of nitrogens with zero attached hydrogens (tertiary/aromatic N) is 3. The molecule has 1 amide bonds. The summed E-state index contributed by atoms with van der Waals surface area (Å²) in [6, 6.07) is 0.0390. The molecule has 0 saturated heterocycles. The van der Waals surface area contributed by atoms with Crippen LogP contribution in [0.25, 0.3) is 0 Å². The molecule has 0 aromatic carbocycles. The molecule has 0 fully saturated rings. The number of rotatable bonds is 6. The Bertz CT molecular complexity index is 533. The maximum absolute atomic E-state index is 11.6. The van der Waals surface area contributed by atoms with Crippen LogP contribution >= 0.6 is 0 Å². The number of carboxylic acids is 1. The third-order valence-corrected chi connectivity index (χ3v) is 3.03. The van der Waals surface area contributed by atoms with Crippen molar-refractivity contribution in [3.05, 3.63) is 11.4 Å². The molecule has 0 radical (unpaired) electrons. The molecule has 22 heavy (non-hydrogen) atoms. The molecular weight excluding hydrogens is 288 g/mol. The van der Waals surface area contributed by atoms with Crippen LogP contribution in [0.3, 0.4) is 0 Å². The minimum Gasteiger partial charge on any atom is -0.476 e. The van der Waals surface area contributed by atoms with Gasteiger partial charge in [-0.05, 0) is 34.1 Å². The van der Waals surface area contributed by atoms with Crippen molar-refractivity contribution in [2.24, 2.45) is 0 Å². The molecule has 0 bridgehead atoms. The van der Waals surface area contributed by atoms with E-state index >= 15 is 0 Å². The van der Waals surface area contributed by atoms with Gasteiger partial charge in [-0.1, -0.05) is 12.1 Å². The zero-order chi connectivity index (χ0) is 16.9. The number of amides is 1. The SMILES string of the molecule is CCC(C)n1nnc(C(=O)O)c1CCNC(=O)OC(C)(C)C. The van der Waals surface area contributed by atoms with Crippen molar-refractivity contribution >= 4 is 12.1 Å². The van der Waals surface area contributed by atoms with Crippen LogP contribution < -0.4 is 5.32 Å². The number of carbonyl (C=O) groups is 2. The van der Waals surface area contributed by atoms with Gasteiger partial charge >= 0.3 is 12.1 Å². The van der Waals surface area contributed by atoms with Crippen molar-refractivity contribution in [3.63, 3.8) is 0 Å². The second-order valence-electron chi connectivity index (χ2n) is 6.07. The van der Waals surface area contributed by atoms with Gasteiger partial charge in [-0.25, -0.2) is 14.3 Å². The highest BCUT2D eigenvalue weighted by Crippen LogP contribution is 2.15. The predicted octanol–water partition coefficient (Wildman–Crippen LogP) is 2.01. The van der Waals surface area contributed by atoms with Crippen LogP contribution in [0, 0.1) is 0 Å². The normalized spacial score (nSPS) is 12.8. The van der Waals surface area contributed by atoms with E-state index in [9.17, 15) is 9.59 Å². The highest BCUT2D eigenvalue weighted by Gasteiger charge is 2.21. The summed E-state index contributed by atoms with van der Waals surface area (Å²) in [6.45, 7) is 9.49. The molecule has 1 rings (SSSR count). The number of carboxylic acid groups (broad SMARTS) is 1. The lowest BCUT2D eigenvalue weighted by atomic mass is 10.2. The largest absolute Gasteiger partial charge is 0.476 e. The van der Waals surface area contributed by atoms with E-state index in [0.29, 0.717) is 12.1 Å². The Hall–Kier alpha value is -2.12. The van der Waals surface area contributed by atoms with E-state index < -0.39 is 17.7 Å². The van der Waals surface area contributed by atoms with Gasteiger partial charge < -0.3 is 15.2 Å². The number of hydrogen-bond acceptors (Lipinski definition) is 5. The summed E-state index contributed by atoms with van der Waals surface area (Å²) in [4.78, 5) is 22.8. The highest BCUT2D eigenvalue weighted by molar-refractivity contribution is 5.86. The maximum atomic E-state index is 11.6. The molecule has 1 atom stereocenters. The zero-order valence-electron chi connectivity index (χ0n) is 13.7. The third kappa shape index (κ3) is 5.01. The van der Waals surface area contributed by atoms with Gasteiger partial charge in [-0.15, -0.1) is 5.10 Å². The molecule has 0 aliphatic carbocycles. The fourth-order valence-corrected chi connectivity index (χ4v) is 1.84. The monoisotopic (exact) mass is 312 g/mol. The van der Waals surface area contributed by atoms with Crippen molar-refractivity contribution in [1.29, 1.82) is 0 Å². The van der Waals surface area contributed by atoms with E-state index in [1.54, 1.807) is 25.5 Å². The molecule has 0 saturated carbocycles. The van der Waals surface area contributed by atoms with Gasteiger partial charge in [0.2, 0.25) is 0 Å². The van der Waals surface area contributed by atoms with Gasteiger partial charge in [-0.2, -0.15) is 0 Å². The van der Waals surface area contributed by atoms with Crippen molar-refractivity contribution in [1.82, 2.24) is 20.3 Å². The van der Waals surface area contributed by atoms with Gasteiger partial charge in [0.15, 0.2) is 5.69 Å². The Morgan fingerprint density at radius 3 is 2.55 bits per heavy atom. The zero-order valence-corrected chi connectivity index (χ0v) is 13.7. The first kappa shape index (κ1) is 17.9. The molecule has 0 aliphatic rings. The lowest BCUT2D eigenvalue weighted by Crippen LogP contribution is -2.34. The van der Waals surface area contributed by atoms with Crippen molar-refractivity contribution < 1.29 is 19.4 Å². The van der Waals surface area contributed by atoms with Crippen LogP contribution in [0.4, 0.5) is 4.79 Å². The minimum atomic E-state index is -1.12. The van der Waals surface area contributed by atoms with Gasteiger partial charge in [0.05, 0.1) is 11.7 Å². The van der Waals surface area contributed by atoms with Crippen molar-refractivity contribution in [3.8, 4) is 0 Å². The quantitative estimate of drug-likeness (QED) is 0.832. The van der Waals surface area contributed by atoms with Gasteiger partial charge in [0.25, 0.3) is 0 Å². The lowest BCUT2D eigenvalue weighted by Gasteiger charge is -2.19. The van der Waals surface area contributed by atoms with E-state index in [4.69, 9.17) is 9.84 Å². The summed E-state index contributed by atoms with van der Waals surface area (Å²) < 4.78 is 6.73. The average molecular weight is 312 g/mol. The average Bonchev–Trinajstić information content (AvgIpc) is 2.79. The first-order valence-electron chi connectivity index (χ1n) is 7.30.